The second kappa shape index (κ2) is 10.1. The Kier molecular flexibility index (Phi) is 6.75. The fourth-order valence-corrected chi connectivity index (χ4v) is 4.12. The van der Waals surface area contributed by atoms with E-state index in [0.717, 1.165) is 16.7 Å². The molecule has 1 aromatic heterocycles. The van der Waals surface area contributed by atoms with Crippen molar-refractivity contribution >= 4 is 11.8 Å². The van der Waals surface area contributed by atoms with Crippen molar-refractivity contribution in [3.63, 3.8) is 0 Å². The molecule has 3 aromatic rings. The highest BCUT2D eigenvalue weighted by atomic mass is 16.2. The minimum absolute atomic E-state index is 0.0633. The Morgan fingerprint density at radius 3 is 2.38 bits per heavy atom. The van der Waals surface area contributed by atoms with Crippen LogP contribution in [0.2, 0.25) is 0 Å². The number of benzene rings is 2. The third-order valence-corrected chi connectivity index (χ3v) is 5.81. The molecule has 0 unspecified atom stereocenters. The van der Waals surface area contributed by atoms with Gasteiger partial charge in [-0.05, 0) is 35.2 Å². The molecule has 2 amide bonds. The summed E-state index contributed by atoms with van der Waals surface area (Å²) in [6, 6.07) is 23.8. The first-order chi connectivity index (χ1) is 15.7. The van der Waals surface area contributed by atoms with E-state index in [0.29, 0.717) is 38.3 Å². The minimum Gasteiger partial charge on any atom is -0.337 e. The molecular formula is C27H27N3O2. The number of aromatic nitrogens is 1. The Morgan fingerprint density at radius 1 is 0.969 bits per heavy atom. The summed E-state index contributed by atoms with van der Waals surface area (Å²) in [4.78, 5) is 34.0. The topological polar surface area (TPSA) is 53.5 Å². The van der Waals surface area contributed by atoms with Crippen molar-refractivity contribution in [2.24, 2.45) is 5.92 Å². The standard InChI is InChI=1S/C27H27N3O2/c1-2-16-29-17-18-30(27(32)25-10-6-7-15-28-25)20-24(26(29)31)19-21-11-13-23(14-12-21)22-8-4-3-5-9-22/h2-15,24H,1,16-20H2/t24-/m1/s1. The van der Waals surface area contributed by atoms with Crippen LogP contribution in [0.25, 0.3) is 11.1 Å². The third-order valence-electron chi connectivity index (χ3n) is 5.81. The molecule has 2 heterocycles. The normalized spacial score (nSPS) is 16.5. The smallest absolute Gasteiger partial charge is 0.272 e. The molecule has 0 bridgehead atoms. The van der Waals surface area contributed by atoms with E-state index < -0.39 is 0 Å². The molecule has 5 nitrogen and oxygen atoms in total. The average Bonchev–Trinajstić information content (AvgIpc) is 3.00. The summed E-state index contributed by atoms with van der Waals surface area (Å²) < 4.78 is 0. The zero-order valence-corrected chi connectivity index (χ0v) is 18.1. The highest BCUT2D eigenvalue weighted by Gasteiger charge is 2.32. The van der Waals surface area contributed by atoms with Gasteiger partial charge in [-0.3, -0.25) is 14.6 Å². The molecular weight excluding hydrogens is 398 g/mol. The van der Waals surface area contributed by atoms with E-state index in [1.807, 2.05) is 18.2 Å². The molecule has 2 aromatic carbocycles. The maximum atomic E-state index is 13.3. The number of carbonyl (C=O) groups is 2. The van der Waals surface area contributed by atoms with Crippen LogP contribution in [0.3, 0.4) is 0 Å². The number of hydrogen-bond donors (Lipinski definition) is 0. The summed E-state index contributed by atoms with van der Waals surface area (Å²) in [6.07, 6.45) is 3.93. The summed E-state index contributed by atoms with van der Waals surface area (Å²) in [5, 5.41) is 0. The van der Waals surface area contributed by atoms with Crippen LogP contribution in [0.15, 0.2) is 91.6 Å². The van der Waals surface area contributed by atoms with Crippen molar-refractivity contribution in [1.82, 2.24) is 14.8 Å². The Morgan fingerprint density at radius 2 is 1.69 bits per heavy atom. The third kappa shape index (κ3) is 4.94. The van der Waals surface area contributed by atoms with Crippen LogP contribution in [-0.4, -0.2) is 52.8 Å². The number of carbonyl (C=O) groups excluding carboxylic acids is 2. The summed E-state index contributed by atoms with van der Waals surface area (Å²) in [5.41, 5.74) is 3.78. The predicted molar refractivity (Wildman–Crippen MR) is 126 cm³/mol. The van der Waals surface area contributed by atoms with Crippen LogP contribution in [0.5, 0.6) is 0 Å². The quantitative estimate of drug-likeness (QED) is 0.559. The highest BCUT2D eigenvalue weighted by Crippen LogP contribution is 2.22. The van der Waals surface area contributed by atoms with E-state index in [9.17, 15) is 9.59 Å². The van der Waals surface area contributed by atoms with Gasteiger partial charge in [0.15, 0.2) is 0 Å². The van der Waals surface area contributed by atoms with Gasteiger partial charge in [0.1, 0.15) is 5.69 Å². The van der Waals surface area contributed by atoms with E-state index in [-0.39, 0.29) is 17.7 Å². The van der Waals surface area contributed by atoms with Gasteiger partial charge in [-0.25, -0.2) is 0 Å². The van der Waals surface area contributed by atoms with Gasteiger partial charge in [0.25, 0.3) is 5.91 Å². The van der Waals surface area contributed by atoms with E-state index in [2.05, 4.69) is 48.0 Å². The van der Waals surface area contributed by atoms with Gasteiger partial charge in [0.05, 0.1) is 5.92 Å². The zero-order chi connectivity index (χ0) is 22.3. The Bertz CT molecular complexity index is 1070. The monoisotopic (exact) mass is 425 g/mol. The van der Waals surface area contributed by atoms with Crippen molar-refractivity contribution < 1.29 is 9.59 Å². The number of nitrogens with zero attached hydrogens (tertiary/aromatic N) is 3. The second-order valence-electron chi connectivity index (χ2n) is 8.00. The molecule has 0 aliphatic carbocycles. The molecule has 1 atom stereocenters. The van der Waals surface area contributed by atoms with Crippen molar-refractivity contribution in [2.75, 3.05) is 26.2 Å². The van der Waals surface area contributed by atoms with E-state index in [1.165, 1.54) is 0 Å². The van der Waals surface area contributed by atoms with Crippen LogP contribution in [0, 0.1) is 5.92 Å². The molecule has 1 saturated heterocycles. The number of amides is 2. The Hall–Kier alpha value is -3.73. The number of rotatable bonds is 6. The summed E-state index contributed by atoms with van der Waals surface area (Å²) in [5.74, 6) is -0.385. The van der Waals surface area contributed by atoms with Gasteiger partial charge < -0.3 is 9.80 Å². The minimum atomic E-state index is -0.312. The SMILES string of the molecule is C=CCN1CCN(C(=O)c2ccccn2)C[C@@H](Cc2ccc(-c3ccccc3)cc2)C1=O. The molecule has 0 radical (unpaired) electrons. The fraction of sp³-hybridized carbons (Fsp3) is 0.222. The summed E-state index contributed by atoms with van der Waals surface area (Å²) >= 11 is 0. The van der Waals surface area contributed by atoms with Crippen molar-refractivity contribution in [1.29, 1.82) is 0 Å². The molecule has 1 aliphatic heterocycles. The molecule has 0 spiro atoms. The molecule has 32 heavy (non-hydrogen) atoms. The lowest BCUT2D eigenvalue weighted by molar-refractivity contribution is -0.134. The largest absolute Gasteiger partial charge is 0.337 e. The highest BCUT2D eigenvalue weighted by molar-refractivity contribution is 5.93. The lowest BCUT2D eigenvalue weighted by atomic mass is 9.95. The maximum Gasteiger partial charge on any atom is 0.272 e. The van der Waals surface area contributed by atoms with Gasteiger partial charge >= 0.3 is 0 Å². The van der Waals surface area contributed by atoms with Gasteiger partial charge in [0.2, 0.25) is 5.91 Å². The van der Waals surface area contributed by atoms with Crippen LogP contribution in [0.4, 0.5) is 0 Å². The van der Waals surface area contributed by atoms with E-state index >= 15 is 0 Å². The molecule has 0 N–H and O–H groups in total. The lowest BCUT2D eigenvalue weighted by Crippen LogP contribution is -2.38. The molecule has 1 fully saturated rings. The predicted octanol–water partition coefficient (Wildman–Crippen LogP) is 4.08. The van der Waals surface area contributed by atoms with Crippen LogP contribution in [-0.2, 0) is 11.2 Å². The van der Waals surface area contributed by atoms with E-state index in [4.69, 9.17) is 0 Å². The van der Waals surface area contributed by atoms with Crippen molar-refractivity contribution in [3.05, 3.63) is 103 Å². The number of hydrogen-bond acceptors (Lipinski definition) is 3. The fourth-order valence-electron chi connectivity index (χ4n) is 4.12. The summed E-state index contributed by atoms with van der Waals surface area (Å²) in [6.45, 7) is 5.62. The van der Waals surface area contributed by atoms with Crippen molar-refractivity contribution in [2.45, 2.75) is 6.42 Å². The molecule has 0 saturated carbocycles. The molecule has 4 rings (SSSR count). The van der Waals surface area contributed by atoms with Crippen molar-refractivity contribution in [3.8, 4) is 11.1 Å². The molecule has 162 valence electrons. The first-order valence-electron chi connectivity index (χ1n) is 10.9. The van der Waals surface area contributed by atoms with Gasteiger partial charge in [-0.2, -0.15) is 0 Å². The lowest BCUT2D eigenvalue weighted by Gasteiger charge is -2.23. The van der Waals surface area contributed by atoms with Gasteiger partial charge in [0, 0.05) is 32.4 Å². The average molecular weight is 426 g/mol. The van der Waals surface area contributed by atoms with Gasteiger partial charge in [-0.1, -0.05) is 66.7 Å². The molecule has 5 heteroatoms. The zero-order valence-electron chi connectivity index (χ0n) is 18.1. The van der Waals surface area contributed by atoms with E-state index in [1.54, 1.807) is 40.3 Å². The van der Waals surface area contributed by atoms with Crippen LogP contribution in [0.1, 0.15) is 16.1 Å². The summed E-state index contributed by atoms with van der Waals surface area (Å²) in [7, 11) is 0. The first kappa shape index (κ1) is 21.5. The molecule has 1 aliphatic rings. The van der Waals surface area contributed by atoms with Gasteiger partial charge in [-0.15, -0.1) is 6.58 Å². The Balaban J connectivity index is 1.54. The number of pyridine rings is 1. The Labute approximate surface area is 189 Å². The maximum absolute atomic E-state index is 13.3. The van der Waals surface area contributed by atoms with Crippen LogP contribution < -0.4 is 0 Å². The van der Waals surface area contributed by atoms with Crippen LogP contribution >= 0.6 is 0 Å². The second-order valence-corrected chi connectivity index (χ2v) is 8.00. The first-order valence-corrected chi connectivity index (χ1v) is 10.9.